The highest BCUT2D eigenvalue weighted by atomic mass is 32.2. The van der Waals surface area contributed by atoms with Gasteiger partial charge in [-0.15, -0.1) is 0 Å². The molecule has 0 radical (unpaired) electrons. The van der Waals surface area contributed by atoms with Crippen LogP contribution in [0.1, 0.15) is 68.2 Å². The van der Waals surface area contributed by atoms with Crippen molar-refractivity contribution >= 4 is 53.1 Å². The number of amides is 1. The molecule has 212 valence electrons. The number of Topliss-reactive ketones (excluding diaryl/α,β-unsaturated/α-hetero) is 1. The molecule has 0 rings (SSSR count). The number of nitrogens with one attached hydrogen (secondary N) is 1. The van der Waals surface area contributed by atoms with Gasteiger partial charge < -0.3 is 32.1 Å². The molecule has 0 aromatic heterocycles. The van der Waals surface area contributed by atoms with Crippen LogP contribution in [0.2, 0.25) is 0 Å². The van der Waals surface area contributed by atoms with Gasteiger partial charge in [0.1, 0.15) is 24.4 Å². The Morgan fingerprint density at radius 3 is 1.64 bits per heavy atom. The molecule has 13 heteroatoms. The van der Waals surface area contributed by atoms with Crippen molar-refractivity contribution in [1.29, 1.82) is 0 Å². The lowest BCUT2D eigenvalue weighted by atomic mass is 9.99. The first-order valence-electron chi connectivity index (χ1n) is 11.0. The fraction of sp³-hybridized carbons (Fsp3) is 0.783. The number of rotatable bonds is 14. The van der Waals surface area contributed by atoms with Crippen molar-refractivity contribution in [3.05, 3.63) is 0 Å². The van der Waals surface area contributed by atoms with Crippen LogP contribution in [0.25, 0.3) is 0 Å². The third-order valence-corrected chi connectivity index (χ3v) is 6.87. The average Bonchev–Trinajstić information content (AvgIpc) is 2.70. The second-order valence-electron chi connectivity index (χ2n) is 9.83. The van der Waals surface area contributed by atoms with Gasteiger partial charge in [0, 0.05) is 33.8 Å². The molecule has 0 saturated carbocycles. The topological polar surface area (TPSA) is 210 Å². The molecule has 36 heavy (non-hydrogen) atoms. The Kier molecular flexibility index (Phi) is 19.8. The van der Waals surface area contributed by atoms with Crippen molar-refractivity contribution in [1.82, 2.24) is 5.32 Å². The van der Waals surface area contributed by atoms with Crippen LogP contribution in [-0.2, 0) is 24.0 Å². The SMILES string of the molecule is C.CC(C)(C)SCC(CC(=O)CCC(N)C(=O)O)C(=O)NCC(=O)O.CC(C)(C)SCC(N)C(=O)O. The van der Waals surface area contributed by atoms with Crippen LogP contribution in [0.3, 0.4) is 0 Å². The van der Waals surface area contributed by atoms with E-state index in [0.717, 1.165) is 0 Å². The minimum absolute atomic E-state index is 0. The van der Waals surface area contributed by atoms with Gasteiger partial charge in [-0.1, -0.05) is 49.0 Å². The van der Waals surface area contributed by atoms with Gasteiger partial charge in [-0.3, -0.25) is 24.0 Å². The number of carbonyl (C=O) groups excluding carboxylic acids is 2. The molecule has 11 nitrogen and oxygen atoms in total. The summed E-state index contributed by atoms with van der Waals surface area (Å²) in [4.78, 5) is 55.6. The summed E-state index contributed by atoms with van der Waals surface area (Å²) in [5, 5.41) is 28.1. The molecule has 0 aromatic carbocycles. The number of carboxylic acids is 3. The second-order valence-corrected chi connectivity index (χ2v) is 13.5. The first-order chi connectivity index (χ1) is 15.7. The zero-order valence-electron chi connectivity index (χ0n) is 21.3. The van der Waals surface area contributed by atoms with Crippen LogP contribution in [0.15, 0.2) is 0 Å². The largest absolute Gasteiger partial charge is 0.480 e. The molecule has 0 spiro atoms. The molecule has 0 aliphatic carbocycles. The minimum atomic E-state index is -1.18. The number of carbonyl (C=O) groups is 5. The highest BCUT2D eigenvalue weighted by Gasteiger charge is 2.25. The van der Waals surface area contributed by atoms with Crippen LogP contribution in [-0.4, -0.2) is 84.5 Å². The van der Waals surface area contributed by atoms with Crippen molar-refractivity contribution in [2.75, 3.05) is 18.1 Å². The molecule has 0 heterocycles. The highest BCUT2D eigenvalue weighted by molar-refractivity contribution is 8.00. The van der Waals surface area contributed by atoms with E-state index in [1.54, 1.807) is 11.8 Å². The first-order valence-corrected chi connectivity index (χ1v) is 13.0. The third kappa shape index (κ3) is 23.9. The van der Waals surface area contributed by atoms with E-state index in [4.69, 9.17) is 26.8 Å². The summed E-state index contributed by atoms with van der Waals surface area (Å²) in [6.45, 7) is 11.5. The van der Waals surface area contributed by atoms with Crippen molar-refractivity contribution < 1.29 is 39.3 Å². The number of hydrogen-bond acceptors (Lipinski definition) is 9. The Morgan fingerprint density at radius 2 is 1.25 bits per heavy atom. The first kappa shape index (κ1) is 38.7. The van der Waals surface area contributed by atoms with Gasteiger partial charge in [0.2, 0.25) is 5.91 Å². The fourth-order valence-electron chi connectivity index (χ4n) is 2.11. The van der Waals surface area contributed by atoms with Crippen molar-refractivity contribution in [3.63, 3.8) is 0 Å². The molecule has 3 unspecified atom stereocenters. The minimum Gasteiger partial charge on any atom is -0.480 e. The third-order valence-electron chi connectivity index (χ3n) is 4.04. The number of ketones is 1. The molecule has 1 amide bonds. The second kappa shape index (κ2) is 18.4. The Labute approximate surface area is 222 Å². The average molecular weight is 556 g/mol. The maximum atomic E-state index is 12.1. The van der Waals surface area contributed by atoms with Crippen LogP contribution in [0, 0.1) is 5.92 Å². The Balaban J connectivity index is -0.000000764. The van der Waals surface area contributed by atoms with E-state index in [1.807, 2.05) is 41.5 Å². The Bertz CT molecular complexity index is 721. The normalized spacial score (nSPS) is 13.7. The number of thioether (sulfide) groups is 2. The van der Waals surface area contributed by atoms with Gasteiger partial charge in [0.25, 0.3) is 0 Å². The molecule has 0 bridgehead atoms. The number of aliphatic carboxylic acids is 3. The maximum Gasteiger partial charge on any atom is 0.322 e. The predicted octanol–water partition coefficient (Wildman–Crippen LogP) is 2.05. The lowest BCUT2D eigenvalue weighted by molar-refractivity contribution is -0.139. The van der Waals surface area contributed by atoms with E-state index in [9.17, 15) is 24.0 Å². The summed E-state index contributed by atoms with van der Waals surface area (Å²) in [5.41, 5.74) is 10.7. The van der Waals surface area contributed by atoms with Gasteiger partial charge in [-0.25, -0.2) is 0 Å². The molecule has 3 atom stereocenters. The maximum absolute atomic E-state index is 12.1. The van der Waals surface area contributed by atoms with Crippen molar-refractivity contribution in [2.45, 2.75) is 89.8 Å². The van der Waals surface area contributed by atoms with Gasteiger partial charge >= 0.3 is 17.9 Å². The summed E-state index contributed by atoms with van der Waals surface area (Å²) < 4.78 is -0.0207. The van der Waals surface area contributed by atoms with E-state index < -0.39 is 48.4 Å². The lowest BCUT2D eigenvalue weighted by Gasteiger charge is -2.22. The zero-order chi connectivity index (χ0) is 28.0. The fourth-order valence-corrected chi connectivity index (χ4v) is 3.91. The predicted molar refractivity (Wildman–Crippen MR) is 145 cm³/mol. The van der Waals surface area contributed by atoms with Crippen LogP contribution < -0.4 is 16.8 Å². The standard InChI is InChI=1S/C15H26N2O6S.C7H15NO2S.CH4/c1-15(2,3)24-8-9(13(21)17-7-12(19)20)6-10(18)4-5-11(16)14(22)23;1-7(2,3)11-4-5(8)6(9)10;/h9,11H,4-8,16H2,1-3H3,(H,17,21)(H,19,20)(H,22,23);5H,4,8H2,1-3H3,(H,9,10);1H4. The highest BCUT2D eigenvalue weighted by Crippen LogP contribution is 2.27. The number of hydrogen-bond donors (Lipinski definition) is 6. The Morgan fingerprint density at radius 1 is 0.806 bits per heavy atom. The molecular formula is C23H45N3O8S2. The summed E-state index contributed by atoms with van der Waals surface area (Å²) >= 11 is 3.06. The molecule has 0 aromatic rings. The lowest BCUT2D eigenvalue weighted by Crippen LogP contribution is -2.37. The Hall–Kier alpha value is -1.83. The molecule has 0 fully saturated rings. The van der Waals surface area contributed by atoms with E-state index in [-0.39, 0.29) is 42.0 Å². The molecule has 0 saturated heterocycles. The smallest absolute Gasteiger partial charge is 0.322 e. The van der Waals surface area contributed by atoms with E-state index >= 15 is 0 Å². The molecule has 0 aliphatic rings. The van der Waals surface area contributed by atoms with Crippen LogP contribution >= 0.6 is 23.5 Å². The number of carboxylic acid groups (broad SMARTS) is 3. The van der Waals surface area contributed by atoms with Crippen LogP contribution in [0.5, 0.6) is 0 Å². The number of nitrogens with two attached hydrogens (primary N) is 2. The summed E-state index contributed by atoms with van der Waals surface area (Å²) in [6.07, 6.45) is -0.0960. The van der Waals surface area contributed by atoms with Crippen molar-refractivity contribution in [3.8, 4) is 0 Å². The van der Waals surface area contributed by atoms with E-state index in [0.29, 0.717) is 11.5 Å². The zero-order valence-corrected chi connectivity index (χ0v) is 23.0. The van der Waals surface area contributed by atoms with E-state index in [1.165, 1.54) is 11.8 Å². The van der Waals surface area contributed by atoms with Crippen LogP contribution in [0.4, 0.5) is 0 Å². The molecule has 8 N–H and O–H groups in total. The molecule has 0 aliphatic heterocycles. The van der Waals surface area contributed by atoms with Gasteiger partial charge in [-0.2, -0.15) is 23.5 Å². The summed E-state index contributed by atoms with van der Waals surface area (Å²) in [5.74, 6) is -3.86. The van der Waals surface area contributed by atoms with Gasteiger partial charge in [-0.05, 0) is 6.42 Å². The quantitative estimate of drug-likeness (QED) is 0.182. The van der Waals surface area contributed by atoms with Crippen molar-refractivity contribution in [2.24, 2.45) is 17.4 Å². The summed E-state index contributed by atoms with van der Waals surface area (Å²) in [7, 11) is 0. The van der Waals surface area contributed by atoms with Gasteiger partial charge in [0.15, 0.2) is 0 Å². The summed E-state index contributed by atoms with van der Waals surface area (Å²) in [6, 6.07) is -1.85. The molecular weight excluding hydrogens is 510 g/mol. The monoisotopic (exact) mass is 555 g/mol. The van der Waals surface area contributed by atoms with Gasteiger partial charge in [0.05, 0.1) is 5.92 Å². The van der Waals surface area contributed by atoms with E-state index in [2.05, 4.69) is 5.32 Å².